The molecule has 1 saturated heterocycles. The molecule has 3 aliphatic rings. The van der Waals surface area contributed by atoms with E-state index in [9.17, 15) is 24.9 Å². The van der Waals surface area contributed by atoms with Crippen molar-refractivity contribution < 1.29 is 39.1 Å². The van der Waals surface area contributed by atoms with E-state index in [0.29, 0.717) is 0 Å². The van der Waals surface area contributed by atoms with Gasteiger partial charge in [0, 0.05) is 11.1 Å². The third-order valence-corrected chi connectivity index (χ3v) is 6.05. The minimum atomic E-state index is -2.43. The van der Waals surface area contributed by atoms with Crippen LogP contribution in [0.25, 0.3) is 0 Å². The average Bonchev–Trinajstić information content (AvgIpc) is 2.87. The number of ether oxygens (including phenoxy) is 3. The maximum atomic E-state index is 12.9. The van der Waals surface area contributed by atoms with E-state index in [1.807, 2.05) is 0 Å². The SMILES string of the molecule is COc1c(O)c2c(c3c1O[C@]1(O)C(C)(C)[C@@H](C)O[C@]31O)C(=O)C(C)=CC2=O. The number of fused-ring (bicyclic) bond motifs is 5. The van der Waals surface area contributed by atoms with Crippen LogP contribution in [-0.2, 0) is 10.5 Å². The molecule has 144 valence electrons. The van der Waals surface area contributed by atoms with Crippen LogP contribution in [0.2, 0.25) is 0 Å². The van der Waals surface area contributed by atoms with Crippen LogP contribution in [0.1, 0.15) is 54.0 Å². The van der Waals surface area contributed by atoms with E-state index < -0.39 is 40.4 Å². The lowest BCUT2D eigenvalue weighted by Crippen LogP contribution is -2.56. The first-order valence-corrected chi connectivity index (χ1v) is 8.48. The zero-order valence-corrected chi connectivity index (χ0v) is 15.5. The Morgan fingerprint density at radius 3 is 2.41 bits per heavy atom. The fourth-order valence-electron chi connectivity index (χ4n) is 4.07. The highest BCUT2D eigenvalue weighted by Gasteiger charge is 2.77. The molecule has 1 aromatic rings. The normalized spacial score (nSPS) is 33.1. The summed E-state index contributed by atoms with van der Waals surface area (Å²) >= 11 is 0. The molecular formula is C19H20O8. The van der Waals surface area contributed by atoms with Gasteiger partial charge in [-0.15, -0.1) is 0 Å². The van der Waals surface area contributed by atoms with Crippen molar-refractivity contribution in [1.82, 2.24) is 0 Å². The van der Waals surface area contributed by atoms with Crippen LogP contribution in [0.15, 0.2) is 11.6 Å². The number of rotatable bonds is 1. The lowest BCUT2D eigenvalue weighted by atomic mass is 9.75. The Hall–Kier alpha value is -2.42. The number of ketones is 2. The molecule has 3 N–H and O–H groups in total. The van der Waals surface area contributed by atoms with Gasteiger partial charge in [-0.05, 0) is 19.9 Å². The van der Waals surface area contributed by atoms with Gasteiger partial charge in [0.1, 0.15) is 0 Å². The molecule has 0 saturated carbocycles. The molecule has 4 rings (SSSR count). The molecule has 27 heavy (non-hydrogen) atoms. The van der Waals surface area contributed by atoms with Crippen molar-refractivity contribution in [2.45, 2.75) is 45.4 Å². The number of Topliss-reactive ketones (excluding diaryl/α,β-unsaturated/α-hetero) is 1. The number of aliphatic hydroxyl groups is 2. The highest BCUT2D eigenvalue weighted by molar-refractivity contribution is 6.26. The molecule has 8 nitrogen and oxygen atoms in total. The van der Waals surface area contributed by atoms with E-state index in [4.69, 9.17) is 14.2 Å². The van der Waals surface area contributed by atoms with Crippen molar-refractivity contribution in [3.05, 3.63) is 28.3 Å². The van der Waals surface area contributed by atoms with Gasteiger partial charge in [0.15, 0.2) is 23.1 Å². The fourth-order valence-corrected chi connectivity index (χ4v) is 4.07. The quantitative estimate of drug-likeness (QED) is 0.672. The summed E-state index contributed by atoms with van der Waals surface area (Å²) < 4.78 is 16.6. The highest BCUT2D eigenvalue weighted by Crippen LogP contribution is 2.66. The van der Waals surface area contributed by atoms with E-state index in [-0.39, 0.29) is 33.8 Å². The van der Waals surface area contributed by atoms with Gasteiger partial charge in [-0.25, -0.2) is 0 Å². The first-order valence-electron chi connectivity index (χ1n) is 8.48. The van der Waals surface area contributed by atoms with E-state index in [1.165, 1.54) is 14.0 Å². The molecule has 8 heteroatoms. The third-order valence-electron chi connectivity index (χ3n) is 6.05. The van der Waals surface area contributed by atoms with Crippen LogP contribution in [0.5, 0.6) is 17.2 Å². The lowest BCUT2D eigenvalue weighted by Gasteiger charge is -2.37. The monoisotopic (exact) mass is 376 g/mol. The molecule has 3 atom stereocenters. The molecule has 0 aromatic heterocycles. The van der Waals surface area contributed by atoms with Crippen LogP contribution in [0.4, 0.5) is 0 Å². The van der Waals surface area contributed by atoms with Crippen LogP contribution in [0.3, 0.4) is 0 Å². The fraction of sp³-hybridized carbons (Fsp3) is 0.474. The van der Waals surface area contributed by atoms with Gasteiger partial charge in [-0.3, -0.25) is 9.59 Å². The van der Waals surface area contributed by atoms with Crippen LogP contribution >= 0.6 is 0 Å². The zero-order chi connectivity index (χ0) is 20.1. The third kappa shape index (κ3) is 1.73. The first kappa shape index (κ1) is 18.0. The second-order valence-electron chi connectivity index (χ2n) is 7.73. The van der Waals surface area contributed by atoms with E-state index in [2.05, 4.69) is 0 Å². The molecule has 1 aliphatic carbocycles. The van der Waals surface area contributed by atoms with Crippen molar-refractivity contribution in [2.24, 2.45) is 5.41 Å². The summed E-state index contributed by atoms with van der Waals surface area (Å²) in [6.07, 6.45) is 0.451. The molecule has 1 fully saturated rings. The van der Waals surface area contributed by atoms with E-state index in [1.54, 1.807) is 20.8 Å². The Morgan fingerprint density at radius 2 is 1.81 bits per heavy atom. The Kier molecular flexibility index (Phi) is 3.25. The van der Waals surface area contributed by atoms with Crippen LogP contribution in [-0.4, -0.2) is 45.9 Å². The number of hydrogen-bond donors (Lipinski definition) is 3. The summed E-state index contributed by atoms with van der Waals surface area (Å²) in [6, 6.07) is 0. The van der Waals surface area contributed by atoms with Gasteiger partial charge < -0.3 is 29.5 Å². The lowest BCUT2D eigenvalue weighted by molar-refractivity contribution is -0.327. The van der Waals surface area contributed by atoms with Crippen LogP contribution < -0.4 is 9.47 Å². The summed E-state index contributed by atoms with van der Waals surface area (Å²) in [5, 5.41) is 33.3. The van der Waals surface area contributed by atoms with Gasteiger partial charge in [-0.1, -0.05) is 13.8 Å². The summed E-state index contributed by atoms with van der Waals surface area (Å²) in [4.78, 5) is 25.4. The molecular weight excluding hydrogens is 356 g/mol. The Morgan fingerprint density at radius 1 is 1.19 bits per heavy atom. The van der Waals surface area contributed by atoms with Crippen molar-refractivity contribution in [3.8, 4) is 17.2 Å². The summed E-state index contributed by atoms with van der Waals surface area (Å²) in [5.41, 5.74) is -1.75. The molecule has 1 aromatic carbocycles. The number of hydrogen-bond acceptors (Lipinski definition) is 8. The molecule has 2 aliphatic heterocycles. The number of aromatic hydroxyl groups is 1. The van der Waals surface area contributed by atoms with Gasteiger partial charge in [0.2, 0.25) is 5.75 Å². The summed E-state index contributed by atoms with van der Waals surface area (Å²) in [6.45, 7) is 6.38. The number of allylic oxidation sites excluding steroid dienone is 2. The zero-order valence-electron chi connectivity index (χ0n) is 15.5. The number of phenols is 1. The second kappa shape index (κ2) is 4.89. The number of benzene rings is 1. The van der Waals surface area contributed by atoms with Crippen molar-refractivity contribution in [3.63, 3.8) is 0 Å². The molecule has 2 heterocycles. The molecule has 0 spiro atoms. The molecule has 0 unspecified atom stereocenters. The van der Waals surface area contributed by atoms with Crippen molar-refractivity contribution >= 4 is 11.6 Å². The first-order chi connectivity index (χ1) is 12.4. The maximum absolute atomic E-state index is 12.9. The predicted molar refractivity (Wildman–Crippen MR) is 90.9 cm³/mol. The number of carbonyl (C=O) groups is 2. The second-order valence-corrected chi connectivity index (χ2v) is 7.73. The van der Waals surface area contributed by atoms with Gasteiger partial charge in [0.05, 0.1) is 29.8 Å². The average molecular weight is 376 g/mol. The molecule has 0 bridgehead atoms. The highest BCUT2D eigenvalue weighted by atomic mass is 16.7. The topological polar surface area (TPSA) is 123 Å². The standard InChI is InChI=1S/C19H20O8/c1-7-6-9(20)10-11(13(7)21)12-15(16(25-5)14(10)22)27-19(24)17(3,4)8(2)26-18(12,19)23/h6,8,22-24H,1-5H3/t8-,18-,19-/m1/s1. The Balaban J connectivity index is 2.15. The predicted octanol–water partition coefficient (Wildman–Crippen LogP) is 1.40. The number of carbonyl (C=O) groups excluding carboxylic acids is 2. The summed E-state index contributed by atoms with van der Waals surface area (Å²) in [5.74, 6) is -6.98. The van der Waals surface area contributed by atoms with Gasteiger partial charge >= 0.3 is 0 Å². The Labute approximate surface area is 155 Å². The molecule has 0 amide bonds. The molecule has 0 radical (unpaired) electrons. The van der Waals surface area contributed by atoms with Crippen molar-refractivity contribution in [2.75, 3.05) is 7.11 Å². The van der Waals surface area contributed by atoms with E-state index >= 15 is 0 Å². The number of methoxy groups -OCH3 is 1. The Bertz CT molecular complexity index is 959. The minimum Gasteiger partial charge on any atom is -0.504 e. The van der Waals surface area contributed by atoms with Crippen molar-refractivity contribution in [1.29, 1.82) is 0 Å². The largest absolute Gasteiger partial charge is 0.504 e. The van der Waals surface area contributed by atoms with Gasteiger partial charge in [-0.2, -0.15) is 0 Å². The van der Waals surface area contributed by atoms with Crippen LogP contribution in [0, 0.1) is 5.41 Å². The smallest absolute Gasteiger partial charge is 0.275 e. The summed E-state index contributed by atoms with van der Waals surface area (Å²) in [7, 11) is 1.23. The van der Waals surface area contributed by atoms with Gasteiger partial charge in [0.25, 0.3) is 11.6 Å². The number of phenolic OH excluding ortho intramolecular Hbond substituents is 1. The minimum absolute atomic E-state index is 0.128. The maximum Gasteiger partial charge on any atom is 0.275 e. The van der Waals surface area contributed by atoms with E-state index in [0.717, 1.165) is 6.08 Å².